The molecular formula is C26H23FN4O2. The van der Waals surface area contributed by atoms with E-state index in [1.165, 1.54) is 6.07 Å². The number of aromatic carboxylic acids is 1. The fourth-order valence-corrected chi connectivity index (χ4v) is 4.31. The van der Waals surface area contributed by atoms with Crippen molar-refractivity contribution in [1.29, 1.82) is 0 Å². The van der Waals surface area contributed by atoms with E-state index in [1.807, 2.05) is 48.1 Å². The van der Waals surface area contributed by atoms with Crippen molar-refractivity contribution < 1.29 is 14.3 Å². The maximum atomic E-state index is 14.7. The highest BCUT2D eigenvalue weighted by molar-refractivity contribution is 5.89. The Morgan fingerprint density at radius 1 is 1.03 bits per heavy atom. The zero-order valence-corrected chi connectivity index (χ0v) is 18.1. The predicted octanol–water partition coefficient (Wildman–Crippen LogP) is 5.12. The third-order valence-corrected chi connectivity index (χ3v) is 5.77. The Hall–Kier alpha value is -3.97. The lowest BCUT2D eigenvalue weighted by Crippen LogP contribution is -2.13. The zero-order valence-electron chi connectivity index (χ0n) is 18.1. The largest absolute Gasteiger partial charge is 0.478 e. The molecule has 0 fully saturated rings. The third-order valence-electron chi connectivity index (χ3n) is 5.77. The second-order valence-corrected chi connectivity index (χ2v) is 8.29. The van der Waals surface area contributed by atoms with Gasteiger partial charge in [-0.2, -0.15) is 5.10 Å². The SMILES string of the molecule is CN1Cc2nn(Cc3cccc(Nc4cccc(C(=O)O)c4)c3)c(-c3ccccc3F)c2C1. The van der Waals surface area contributed by atoms with Gasteiger partial charge in [0.25, 0.3) is 0 Å². The van der Waals surface area contributed by atoms with E-state index in [1.54, 1.807) is 30.3 Å². The summed E-state index contributed by atoms with van der Waals surface area (Å²) in [6.07, 6.45) is 0. The first-order valence-electron chi connectivity index (χ1n) is 10.7. The number of nitrogens with zero attached hydrogens (tertiary/aromatic N) is 3. The fourth-order valence-electron chi connectivity index (χ4n) is 4.31. The van der Waals surface area contributed by atoms with Gasteiger partial charge in [0.1, 0.15) is 5.82 Å². The monoisotopic (exact) mass is 442 g/mol. The number of aromatic nitrogens is 2. The summed E-state index contributed by atoms with van der Waals surface area (Å²) < 4.78 is 16.6. The minimum absolute atomic E-state index is 0.224. The second kappa shape index (κ2) is 8.52. The molecule has 0 radical (unpaired) electrons. The first-order valence-corrected chi connectivity index (χ1v) is 10.7. The van der Waals surface area contributed by atoms with Gasteiger partial charge < -0.3 is 10.4 Å². The van der Waals surface area contributed by atoms with E-state index in [4.69, 9.17) is 5.10 Å². The van der Waals surface area contributed by atoms with Crippen LogP contribution in [0.1, 0.15) is 27.2 Å². The van der Waals surface area contributed by atoms with Gasteiger partial charge in [-0.15, -0.1) is 0 Å². The summed E-state index contributed by atoms with van der Waals surface area (Å²) in [6, 6.07) is 21.4. The van der Waals surface area contributed by atoms with E-state index in [9.17, 15) is 14.3 Å². The average Bonchev–Trinajstić information content (AvgIpc) is 3.30. The van der Waals surface area contributed by atoms with Crippen molar-refractivity contribution >= 4 is 17.3 Å². The molecule has 0 spiro atoms. The summed E-state index contributed by atoms with van der Waals surface area (Å²) >= 11 is 0. The van der Waals surface area contributed by atoms with Gasteiger partial charge in [0.2, 0.25) is 0 Å². The molecule has 1 aromatic heterocycles. The van der Waals surface area contributed by atoms with Crippen molar-refractivity contribution in [3.63, 3.8) is 0 Å². The second-order valence-electron chi connectivity index (χ2n) is 8.29. The molecule has 1 aliphatic heterocycles. The first kappa shape index (κ1) is 20.9. The number of benzene rings is 3. The highest BCUT2D eigenvalue weighted by Crippen LogP contribution is 2.34. The van der Waals surface area contributed by atoms with E-state index in [2.05, 4.69) is 10.2 Å². The molecule has 7 heteroatoms. The molecule has 0 aliphatic carbocycles. The third kappa shape index (κ3) is 4.23. The molecule has 0 saturated carbocycles. The molecule has 2 N–H and O–H groups in total. The number of carboxylic acids is 1. The summed E-state index contributed by atoms with van der Waals surface area (Å²) in [5.74, 6) is -1.23. The lowest BCUT2D eigenvalue weighted by atomic mass is 10.1. The molecule has 0 bridgehead atoms. The summed E-state index contributed by atoms with van der Waals surface area (Å²) in [4.78, 5) is 13.4. The van der Waals surface area contributed by atoms with Gasteiger partial charge in [-0.1, -0.05) is 30.3 Å². The number of carbonyl (C=O) groups is 1. The summed E-state index contributed by atoms with van der Waals surface area (Å²) in [5, 5.41) is 17.3. The molecule has 5 rings (SSSR count). The highest BCUT2D eigenvalue weighted by Gasteiger charge is 2.27. The van der Waals surface area contributed by atoms with Gasteiger partial charge in [0.05, 0.1) is 23.5 Å². The van der Waals surface area contributed by atoms with Crippen molar-refractivity contribution in [3.05, 3.63) is 101 Å². The van der Waals surface area contributed by atoms with Crippen LogP contribution in [-0.2, 0) is 19.6 Å². The van der Waals surface area contributed by atoms with Crippen LogP contribution in [0.3, 0.4) is 0 Å². The molecule has 0 unspecified atom stereocenters. The van der Waals surface area contributed by atoms with E-state index in [-0.39, 0.29) is 11.4 Å². The number of fused-ring (bicyclic) bond motifs is 1. The number of nitrogens with one attached hydrogen (secondary N) is 1. The van der Waals surface area contributed by atoms with Crippen molar-refractivity contribution in [3.8, 4) is 11.3 Å². The van der Waals surface area contributed by atoms with Crippen molar-refractivity contribution in [2.24, 2.45) is 0 Å². The van der Waals surface area contributed by atoms with Gasteiger partial charge in [0.15, 0.2) is 0 Å². The highest BCUT2D eigenvalue weighted by atomic mass is 19.1. The Labute approximate surface area is 190 Å². The molecule has 0 atom stereocenters. The fraction of sp³-hybridized carbons (Fsp3) is 0.154. The van der Waals surface area contributed by atoms with Crippen LogP contribution in [0.5, 0.6) is 0 Å². The number of halogens is 1. The number of hydrogen-bond acceptors (Lipinski definition) is 4. The van der Waals surface area contributed by atoms with Crippen LogP contribution in [0.25, 0.3) is 11.3 Å². The Bertz CT molecular complexity index is 1350. The lowest BCUT2D eigenvalue weighted by Gasteiger charge is -2.14. The molecule has 0 saturated heterocycles. The quantitative estimate of drug-likeness (QED) is 0.434. The molecule has 6 nitrogen and oxygen atoms in total. The first-order chi connectivity index (χ1) is 16.0. The Morgan fingerprint density at radius 2 is 1.79 bits per heavy atom. The van der Waals surface area contributed by atoms with Crippen molar-refractivity contribution in [2.75, 3.05) is 12.4 Å². The molecule has 2 heterocycles. The number of anilines is 2. The van der Waals surface area contributed by atoms with Gasteiger partial charge in [-0.25, -0.2) is 9.18 Å². The molecule has 166 valence electrons. The molecule has 1 aliphatic rings. The Balaban J connectivity index is 1.46. The topological polar surface area (TPSA) is 70.4 Å². The van der Waals surface area contributed by atoms with Crippen LogP contribution in [0, 0.1) is 5.82 Å². The van der Waals surface area contributed by atoms with Crippen molar-refractivity contribution in [1.82, 2.24) is 14.7 Å². The van der Waals surface area contributed by atoms with Gasteiger partial charge in [-0.05, 0) is 55.1 Å². The van der Waals surface area contributed by atoms with Gasteiger partial charge in [0, 0.05) is 35.6 Å². The van der Waals surface area contributed by atoms with E-state index < -0.39 is 5.97 Å². The van der Waals surface area contributed by atoms with E-state index in [0.717, 1.165) is 41.3 Å². The van der Waals surface area contributed by atoms with Crippen LogP contribution in [0.15, 0.2) is 72.8 Å². The van der Waals surface area contributed by atoms with Crippen molar-refractivity contribution in [2.45, 2.75) is 19.6 Å². The van der Waals surface area contributed by atoms with Gasteiger partial charge >= 0.3 is 5.97 Å². The van der Waals surface area contributed by atoms with Crippen LogP contribution in [0.4, 0.5) is 15.8 Å². The molecule has 33 heavy (non-hydrogen) atoms. The zero-order chi connectivity index (χ0) is 22.9. The maximum Gasteiger partial charge on any atom is 0.335 e. The molecule has 4 aromatic rings. The standard InChI is InChI=1S/C26H23FN4O2/c1-30-15-22-24(16-30)29-31(25(22)21-10-2-3-11-23(21)27)14-17-6-4-8-19(12-17)28-20-9-5-7-18(13-20)26(32)33/h2-13,28H,14-16H2,1H3,(H,32,33). The normalized spacial score (nSPS) is 13.2. The number of hydrogen-bond donors (Lipinski definition) is 2. The maximum absolute atomic E-state index is 14.7. The molecular weight excluding hydrogens is 419 g/mol. The lowest BCUT2D eigenvalue weighted by molar-refractivity contribution is 0.0697. The molecule has 3 aromatic carbocycles. The molecule has 0 amide bonds. The Kier molecular flexibility index (Phi) is 5.40. The Morgan fingerprint density at radius 3 is 2.58 bits per heavy atom. The van der Waals surface area contributed by atoms with Crippen LogP contribution < -0.4 is 5.32 Å². The smallest absolute Gasteiger partial charge is 0.335 e. The summed E-state index contributed by atoms with van der Waals surface area (Å²) in [5.41, 5.74) is 6.18. The minimum Gasteiger partial charge on any atom is -0.478 e. The minimum atomic E-state index is -0.967. The van der Waals surface area contributed by atoms with Gasteiger partial charge in [-0.3, -0.25) is 9.58 Å². The van der Waals surface area contributed by atoms with Crippen LogP contribution in [0.2, 0.25) is 0 Å². The average molecular weight is 442 g/mol. The number of rotatable bonds is 6. The predicted molar refractivity (Wildman–Crippen MR) is 125 cm³/mol. The summed E-state index contributed by atoms with van der Waals surface area (Å²) in [7, 11) is 2.03. The number of carboxylic acid groups (broad SMARTS) is 1. The van der Waals surface area contributed by atoms with Crippen LogP contribution >= 0.6 is 0 Å². The van der Waals surface area contributed by atoms with E-state index in [0.29, 0.717) is 17.8 Å². The van der Waals surface area contributed by atoms with Crippen LogP contribution in [-0.4, -0.2) is 32.8 Å². The summed E-state index contributed by atoms with van der Waals surface area (Å²) in [6.45, 7) is 1.97. The van der Waals surface area contributed by atoms with E-state index >= 15 is 0 Å².